The molecule has 0 aromatic heterocycles. The van der Waals surface area contributed by atoms with Crippen LogP contribution < -0.4 is 0 Å². The minimum Gasteiger partial charge on any atom is -0.326 e. The number of rotatable bonds is 14. The Bertz CT molecular complexity index is 599. The minimum atomic E-state index is -3.21. The summed E-state index contributed by atoms with van der Waals surface area (Å²) in [6.07, 6.45) is 15.0. The SMILES string of the molecule is CC(C)=CCC/C(C)=C/CC/C(C)=C/CC/C(C)=C/CO[PH](=O)O[PH](=O)O. The molecule has 0 aliphatic heterocycles. The summed E-state index contributed by atoms with van der Waals surface area (Å²) >= 11 is 0. The second kappa shape index (κ2) is 16.3. The van der Waals surface area contributed by atoms with E-state index in [2.05, 4.69) is 50.2 Å². The van der Waals surface area contributed by atoms with Crippen LogP contribution in [0, 0.1) is 0 Å². The molecule has 1 N–H and O–H groups in total. The second-order valence-corrected chi connectivity index (χ2v) is 9.11. The second-order valence-electron chi connectivity index (χ2n) is 6.98. The van der Waals surface area contributed by atoms with Gasteiger partial charge in [-0.25, -0.2) is 4.31 Å². The maximum atomic E-state index is 11.1. The Kier molecular flexibility index (Phi) is 15.9. The molecule has 0 saturated carbocycles. The highest BCUT2D eigenvalue weighted by atomic mass is 31.2. The largest absolute Gasteiger partial charge is 0.326 e. The van der Waals surface area contributed by atoms with Crippen LogP contribution in [-0.2, 0) is 18.0 Å². The molecule has 0 spiro atoms. The van der Waals surface area contributed by atoms with Gasteiger partial charge in [0, 0.05) is 0 Å². The fourth-order valence-corrected chi connectivity index (χ4v) is 3.37. The minimum absolute atomic E-state index is 0.123. The molecule has 0 aromatic carbocycles. The predicted octanol–water partition coefficient (Wildman–Crippen LogP) is 6.94. The van der Waals surface area contributed by atoms with E-state index in [-0.39, 0.29) is 6.61 Å². The zero-order valence-corrected chi connectivity index (χ0v) is 19.3. The van der Waals surface area contributed by atoms with Gasteiger partial charge in [-0.15, -0.1) is 0 Å². The van der Waals surface area contributed by atoms with E-state index in [1.165, 1.54) is 16.7 Å². The van der Waals surface area contributed by atoms with Crippen molar-refractivity contribution in [1.29, 1.82) is 0 Å². The molecular formula is C20H36O5P2. The Hall–Kier alpha value is -0.700. The lowest BCUT2D eigenvalue weighted by Crippen LogP contribution is -1.85. The zero-order valence-electron chi connectivity index (χ0n) is 17.3. The van der Waals surface area contributed by atoms with Crippen molar-refractivity contribution in [3.8, 4) is 0 Å². The predicted molar refractivity (Wildman–Crippen MR) is 116 cm³/mol. The van der Waals surface area contributed by atoms with Crippen LogP contribution in [0.3, 0.4) is 0 Å². The van der Waals surface area contributed by atoms with Crippen molar-refractivity contribution in [2.75, 3.05) is 6.61 Å². The number of allylic oxidation sites excluding steroid dienone is 7. The first-order valence-electron chi connectivity index (χ1n) is 9.38. The van der Waals surface area contributed by atoms with Gasteiger partial charge in [0.2, 0.25) is 0 Å². The molecule has 0 rings (SSSR count). The highest BCUT2D eigenvalue weighted by molar-refractivity contribution is 7.47. The summed E-state index contributed by atoms with van der Waals surface area (Å²) in [6, 6.07) is 0. The molecule has 0 fully saturated rings. The lowest BCUT2D eigenvalue weighted by molar-refractivity contribution is 0.306. The van der Waals surface area contributed by atoms with Crippen LogP contribution in [-0.4, -0.2) is 11.5 Å². The van der Waals surface area contributed by atoms with Gasteiger partial charge in [0.15, 0.2) is 0 Å². The third-order valence-electron chi connectivity index (χ3n) is 3.96. The van der Waals surface area contributed by atoms with Crippen molar-refractivity contribution in [1.82, 2.24) is 0 Å². The zero-order chi connectivity index (χ0) is 20.7. The van der Waals surface area contributed by atoms with Crippen molar-refractivity contribution in [2.45, 2.75) is 73.1 Å². The average Bonchev–Trinajstić information content (AvgIpc) is 2.53. The van der Waals surface area contributed by atoms with Crippen molar-refractivity contribution >= 4 is 16.5 Å². The summed E-state index contributed by atoms with van der Waals surface area (Å²) in [5, 5.41) is 0. The summed E-state index contributed by atoms with van der Waals surface area (Å²) < 4.78 is 30.6. The fraction of sp³-hybridized carbons (Fsp3) is 0.600. The summed E-state index contributed by atoms with van der Waals surface area (Å²) in [5.74, 6) is 0. The lowest BCUT2D eigenvalue weighted by Gasteiger charge is -2.03. The Morgan fingerprint density at radius 2 is 1.22 bits per heavy atom. The van der Waals surface area contributed by atoms with Crippen LogP contribution in [0.4, 0.5) is 0 Å². The van der Waals surface area contributed by atoms with Crippen molar-refractivity contribution < 1.29 is 22.9 Å². The molecule has 0 bridgehead atoms. The smallest absolute Gasteiger partial charge is 0.326 e. The highest BCUT2D eigenvalue weighted by Crippen LogP contribution is 2.35. The van der Waals surface area contributed by atoms with Crippen LogP contribution in [0.2, 0.25) is 0 Å². The molecule has 0 saturated heterocycles. The molecule has 0 amide bonds. The molecule has 0 heterocycles. The van der Waals surface area contributed by atoms with Crippen molar-refractivity contribution in [3.05, 3.63) is 46.6 Å². The quantitative estimate of drug-likeness (QED) is 0.244. The maximum Gasteiger partial charge on any atom is 0.326 e. The molecular weight excluding hydrogens is 382 g/mol. The first kappa shape index (κ1) is 26.3. The van der Waals surface area contributed by atoms with E-state index in [1.807, 2.05) is 13.0 Å². The van der Waals surface area contributed by atoms with E-state index in [0.29, 0.717) is 0 Å². The molecule has 0 radical (unpaired) electrons. The number of hydrogen-bond donors (Lipinski definition) is 1. The van der Waals surface area contributed by atoms with Gasteiger partial charge in [-0.3, -0.25) is 9.13 Å². The topological polar surface area (TPSA) is 72.8 Å². The van der Waals surface area contributed by atoms with E-state index in [4.69, 9.17) is 9.42 Å². The van der Waals surface area contributed by atoms with E-state index in [0.717, 1.165) is 44.1 Å². The summed E-state index contributed by atoms with van der Waals surface area (Å²) in [5.41, 5.74) is 5.34. The first-order chi connectivity index (χ1) is 12.7. The van der Waals surface area contributed by atoms with Crippen LogP contribution >= 0.6 is 16.5 Å². The monoisotopic (exact) mass is 418 g/mol. The lowest BCUT2D eigenvalue weighted by atomic mass is 10.0. The Labute approximate surface area is 166 Å². The standard InChI is InChI=1S/C20H36O5P2/c1-17(2)9-6-10-18(3)11-7-12-19(4)13-8-14-20(5)15-16-24-27(23)25-26(21)22/h9,11,13,15,26-27H,6-8,10,12,14,16H2,1-5H3,(H,21,22)/b18-11+,19-13+,20-15+. The highest BCUT2D eigenvalue weighted by Gasteiger charge is 2.01. The molecule has 0 aliphatic rings. The van der Waals surface area contributed by atoms with E-state index in [9.17, 15) is 9.13 Å². The summed E-state index contributed by atoms with van der Waals surface area (Å²) in [4.78, 5) is 8.49. The van der Waals surface area contributed by atoms with E-state index >= 15 is 0 Å². The van der Waals surface area contributed by atoms with Crippen molar-refractivity contribution in [2.24, 2.45) is 0 Å². The molecule has 7 heteroatoms. The molecule has 156 valence electrons. The Morgan fingerprint density at radius 1 is 0.778 bits per heavy atom. The Balaban J connectivity index is 4.03. The molecule has 0 aromatic rings. The molecule has 2 atom stereocenters. The summed E-state index contributed by atoms with van der Waals surface area (Å²) in [6.45, 7) is 10.7. The van der Waals surface area contributed by atoms with Crippen LogP contribution in [0.25, 0.3) is 0 Å². The molecule has 27 heavy (non-hydrogen) atoms. The van der Waals surface area contributed by atoms with Gasteiger partial charge in [-0.2, -0.15) is 0 Å². The van der Waals surface area contributed by atoms with Gasteiger partial charge in [-0.05, 0) is 73.1 Å². The van der Waals surface area contributed by atoms with E-state index < -0.39 is 16.5 Å². The van der Waals surface area contributed by atoms with Gasteiger partial charge in [0.25, 0.3) is 0 Å². The van der Waals surface area contributed by atoms with Crippen LogP contribution in [0.1, 0.15) is 73.1 Å². The first-order valence-corrected chi connectivity index (χ1v) is 11.9. The van der Waals surface area contributed by atoms with Crippen molar-refractivity contribution in [3.63, 3.8) is 0 Å². The molecule has 0 aliphatic carbocycles. The fourth-order valence-electron chi connectivity index (χ4n) is 2.34. The third-order valence-corrected chi connectivity index (χ3v) is 5.73. The van der Waals surface area contributed by atoms with Gasteiger partial charge in [0.1, 0.15) is 0 Å². The van der Waals surface area contributed by atoms with Crippen LogP contribution in [0.5, 0.6) is 0 Å². The summed E-state index contributed by atoms with van der Waals surface area (Å²) in [7, 11) is -6.08. The van der Waals surface area contributed by atoms with Crippen LogP contribution in [0.15, 0.2) is 46.6 Å². The maximum absolute atomic E-state index is 11.1. The third kappa shape index (κ3) is 18.4. The average molecular weight is 418 g/mol. The molecule has 5 nitrogen and oxygen atoms in total. The molecule has 2 unspecified atom stereocenters. The normalized spacial score (nSPS) is 15.6. The number of hydrogen-bond acceptors (Lipinski definition) is 4. The van der Waals surface area contributed by atoms with E-state index in [1.54, 1.807) is 0 Å². The van der Waals surface area contributed by atoms with Gasteiger partial charge < -0.3 is 9.42 Å². The Morgan fingerprint density at radius 3 is 1.67 bits per heavy atom. The van der Waals surface area contributed by atoms with Gasteiger partial charge in [-0.1, -0.05) is 46.6 Å². The van der Waals surface area contributed by atoms with Gasteiger partial charge >= 0.3 is 16.5 Å². The van der Waals surface area contributed by atoms with Gasteiger partial charge in [0.05, 0.1) is 6.61 Å².